The van der Waals surface area contributed by atoms with Crippen molar-refractivity contribution >= 4 is 29.7 Å². The quantitative estimate of drug-likeness (QED) is 0.326. The summed E-state index contributed by atoms with van der Waals surface area (Å²) >= 11 is 8.12. The molecule has 0 saturated carbocycles. The Morgan fingerprint density at radius 2 is 2.11 bits per heavy atom. The van der Waals surface area contributed by atoms with E-state index in [4.69, 9.17) is 9.42 Å². The van der Waals surface area contributed by atoms with Gasteiger partial charge in [-0.1, -0.05) is 12.2 Å². The molecule has 0 fully saturated rings. The van der Waals surface area contributed by atoms with Crippen LogP contribution in [0.25, 0.3) is 0 Å². The van der Waals surface area contributed by atoms with E-state index in [1.807, 2.05) is 0 Å². The van der Waals surface area contributed by atoms with Gasteiger partial charge in [0.2, 0.25) is 5.69 Å². The zero-order valence-electron chi connectivity index (χ0n) is 6.74. The predicted molar refractivity (Wildman–Crippen MR) is 42.8 cm³/mol. The van der Waals surface area contributed by atoms with Crippen LogP contribution in [0.1, 0.15) is 15.3 Å². The minimum absolute atomic E-state index is 0. The summed E-state index contributed by atoms with van der Waals surface area (Å²) in [5, 5.41) is 0. The van der Waals surface area contributed by atoms with Gasteiger partial charge < -0.3 is 10.8 Å². The SMILES string of the molecule is CC(C)OP(O)(=S)S.[H-].[Na+]. The molecule has 0 amide bonds. The Kier molecular flexibility index (Phi) is 8.34. The van der Waals surface area contributed by atoms with Crippen molar-refractivity contribution in [3.05, 3.63) is 0 Å². The molecule has 1 atom stereocenters. The minimum atomic E-state index is -2.69. The van der Waals surface area contributed by atoms with Crippen LogP contribution in [-0.4, -0.2) is 11.0 Å². The van der Waals surface area contributed by atoms with E-state index >= 15 is 0 Å². The van der Waals surface area contributed by atoms with Crippen LogP contribution >= 0.6 is 17.9 Å². The van der Waals surface area contributed by atoms with Crippen LogP contribution in [-0.2, 0) is 16.3 Å². The third-order valence-corrected chi connectivity index (χ3v) is 1.59. The van der Waals surface area contributed by atoms with Crippen LogP contribution in [0.3, 0.4) is 0 Å². The van der Waals surface area contributed by atoms with Gasteiger partial charge in [-0.15, -0.1) is 0 Å². The van der Waals surface area contributed by atoms with Gasteiger partial charge in [-0.3, -0.25) is 0 Å². The summed E-state index contributed by atoms with van der Waals surface area (Å²) in [6.45, 7) is 3.60. The van der Waals surface area contributed by atoms with E-state index in [1.54, 1.807) is 13.8 Å². The van der Waals surface area contributed by atoms with E-state index in [1.165, 1.54) is 0 Å². The molecule has 0 radical (unpaired) electrons. The second kappa shape index (κ2) is 5.56. The van der Waals surface area contributed by atoms with Gasteiger partial charge in [0, 0.05) is 0 Å². The molecule has 0 bridgehead atoms. The second-order valence-electron chi connectivity index (χ2n) is 1.64. The number of hydrogen-bond acceptors (Lipinski definition) is 2. The standard InChI is InChI=1S/C3H9O2PS2.Na.H/c1-3(2)5-6(4,7)8;;/h3H,1-2H3,(H2,4,7,8);;/q;+1;-1. The van der Waals surface area contributed by atoms with Crippen molar-refractivity contribution in [2.24, 2.45) is 0 Å². The van der Waals surface area contributed by atoms with Gasteiger partial charge in [0.05, 0.1) is 6.10 Å². The molecule has 0 aromatic rings. The van der Waals surface area contributed by atoms with E-state index in [0.29, 0.717) is 0 Å². The molecular weight excluding hydrogens is 186 g/mol. The maximum absolute atomic E-state index is 8.76. The molecule has 0 saturated heterocycles. The summed E-state index contributed by atoms with van der Waals surface area (Å²) in [6, 6.07) is 0. The zero-order chi connectivity index (χ0) is 6.78. The molecule has 1 unspecified atom stereocenters. The van der Waals surface area contributed by atoms with E-state index < -0.39 is 5.69 Å². The van der Waals surface area contributed by atoms with Gasteiger partial charge in [-0.05, 0) is 25.7 Å². The zero-order valence-corrected chi connectivity index (χ0v) is 10.3. The van der Waals surface area contributed by atoms with Crippen molar-refractivity contribution in [1.29, 1.82) is 0 Å². The third-order valence-electron chi connectivity index (χ3n) is 0.348. The molecular formula is C3H10NaO2PS2. The van der Waals surface area contributed by atoms with Crippen LogP contribution in [0.5, 0.6) is 0 Å². The molecule has 1 N–H and O–H groups in total. The van der Waals surface area contributed by atoms with Gasteiger partial charge in [-0.2, -0.15) is 0 Å². The number of hydrogen-bond donors (Lipinski definition) is 2. The fourth-order valence-electron chi connectivity index (χ4n) is 0.275. The molecule has 0 aliphatic rings. The third kappa shape index (κ3) is 13.0. The molecule has 0 aromatic heterocycles. The van der Waals surface area contributed by atoms with E-state index in [-0.39, 0.29) is 37.1 Å². The Balaban J connectivity index is -0.000000245. The molecule has 9 heavy (non-hydrogen) atoms. The van der Waals surface area contributed by atoms with Gasteiger partial charge in [-0.25, -0.2) is 0 Å². The predicted octanol–water partition coefficient (Wildman–Crippen LogP) is -1.33. The van der Waals surface area contributed by atoms with Crippen LogP contribution in [0.2, 0.25) is 0 Å². The monoisotopic (exact) mass is 196 g/mol. The van der Waals surface area contributed by atoms with Crippen molar-refractivity contribution in [3.8, 4) is 0 Å². The molecule has 0 rings (SSSR count). The molecule has 2 nitrogen and oxygen atoms in total. The average Bonchev–Trinajstić information content (AvgIpc) is 1.21. The van der Waals surface area contributed by atoms with Crippen LogP contribution in [0, 0.1) is 0 Å². The maximum Gasteiger partial charge on any atom is 1.00 e. The average molecular weight is 196 g/mol. The van der Waals surface area contributed by atoms with Crippen LogP contribution < -0.4 is 29.6 Å². The molecule has 0 aromatic carbocycles. The first-order valence-corrected chi connectivity index (χ1v) is 5.98. The molecule has 0 aliphatic carbocycles. The van der Waals surface area contributed by atoms with E-state index in [0.717, 1.165) is 0 Å². The fraction of sp³-hybridized carbons (Fsp3) is 1.00. The largest absolute Gasteiger partial charge is 1.00 e. The summed E-state index contributed by atoms with van der Waals surface area (Å²) in [5.74, 6) is 0. The first kappa shape index (κ1) is 13.5. The van der Waals surface area contributed by atoms with Gasteiger partial charge in [0.1, 0.15) is 0 Å². The summed E-state index contributed by atoms with van der Waals surface area (Å²) in [7, 11) is 0. The van der Waals surface area contributed by atoms with Crippen molar-refractivity contribution in [2.75, 3.05) is 0 Å². The smallest absolute Gasteiger partial charge is 1.00 e. The van der Waals surface area contributed by atoms with Gasteiger partial charge in [0.25, 0.3) is 0 Å². The Hall–Kier alpha value is 1.92. The Labute approximate surface area is 89.5 Å². The molecule has 0 aliphatic heterocycles. The van der Waals surface area contributed by atoms with Crippen LogP contribution in [0.4, 0.5) is 0 Å². The number of thiol groups is 1. The number of rotatable bonds is 2. The van der Waals surface area contributed by atoms with E-state index in [2.05, 4.69) is 24.1 Å². The Bertz CT molecular complexity index is 117. The topological polar surface area (TPSA) is 29.5 Å². The molecule has 52 valence electrons. The first-order chi connectivity index (χ1) is 3.42. The van der Waals surface area contributed by atoms with Gasteiger partial charge in [0.15, 0.2) is 0 Å². The van der Waals surface area contributed by atoms with Crippen molar-refractivity contribution in [2.45, 2.75) is 20.0 Å². The Morgan fingerprint density at radius 3 is 2.11 bits per heavy atom. The normalized spacial score (nSPS) is 16.6. The minimum Gasteiger partial charge on any atom is -1.00 e. The van der Waals surface area contributed by atoms with Crippen molar-refractivity contribution in [3.63, 3.8) is 0 Å². The summed E-state index contributed by atoms with van der Waals surface area (Å²) in [5.41, 5.74) is -2.69. The van der Waals surface area contributed by atoms with E-state index in [9.17, 15) is 0 Å². The summed E-state index contributed by atoms with van der Waals surface area (Å²) < 4.78 is 4.78. The van der Waals surface area contributed by atoms with Gasteiger partial charge >= 0.3 is 29.6 Å². The summed E-state index contributed by atoms with van der Waals surface area (Å²) in [4.78, 5) is 8.76. The fourth-order valence-corrected chi connectivity index (χ4v) is 1.91. The first-order valence-electron chi connectivity index (χ1n) is 2.16. The molecule has 0 heterocycles. The molecule has 6 heteroatoms. The maximum atomic E-state index is 8.76. The Morgan fingerprint density at radius 1 is 1.78 bits per heavy atom. The second-order valence-corrected chi connectivity index (χ2v) is 6.76. The van der Waals surface area contributed by atoms with Crippen molar-refractivity contribution < 1.29 is 40.4 Å². The van der Waals surface area contributed by atoms with Crippen molar-refractivity contribution in [1.82, 2.24) is 0 Å². The van der Waals surface area contributed by atoms with Crippen LogP contribution in [0.15, 0.2) is 0 Å². The molecule has 0 spiro atoms. The summed E-state index contributed by atoms with van der Waals surface area (Å²) in [6.07, 6.45) is -0.0386.